The molecule has 1 aromatic heterocycles. The number of oxime groups is 1. The molecule has 25 heavy (non-hydrogen) atoms. The zero-order valence-corrected chi connectivity index (χ0v) is 13.9. The molecule has 0 saturated carbocycles. The number of nitrogens with one attached hydrogen (secondary N) is 1. The van der Waals surface area contributed by atoms with Crippen molar-refractivity contribution in [1.29, 1.82) is 0 Å². The first-order chi connectivity index (χ1) is 12.1. The van der Waals surface area contributed by atoms with Gasteiger partial charge in [-0.25, -0.2) is 4.39 Å². The van der Waals surface area contributed by atoms with Gasteiger partial charge in [0.25, 0.3) is 0 Å². The highest BCUT2D eigenvalue weighted by Gasteiger charge is 2.21. The first-order valence-electron chi connectivity index (χ1n) is 7.99. The largest absolute Gasteiger partial charge is 0.390 e. The molecular weight excluding hydrogens is 323 g/mol. The molecule has 0 saturated heterocycles. The standard InChI is InChI=1S/C18H19FN4O2/c1-23-12-14(10-21-23)4-7-18(24)20-11-17-9-16(22-25-17)8-13-2-5-15(19)6-3-13/h2-7,10,12,17H,8-9,11H2,1H3,(H,20,24)/b7-4+/t17-/m1/s1. The third-order valence-electron chi connectivity index (χ3n) is 3.77. The van der Waals surface area contributed by atoms with Crippen LogP contribution in [0.2, 0.25) is 0 Å². The van der Waals surface area contributed by atoms with Crippen LogP contribution >= 0.6 is 0 Å². The number of carbonyl (C=O) groups is 1. The maximum Gasteiger partial charge on any atom is 0.244 e. The maximum atomic E-state index is 12.9. The average molecular weight is 342 g/mol. The second kappa shape index (κ2) is 7.74. The molecule has 0 spiro atoms. The molecule has 1 aliphatic rings. The lowest BCUT2D eigenvalue weighted by Crippen LogP contribution is -2.31. The van der Waals surface area contributed by atoms with E-state index in [1.165, 1.54) is 18.2 Å². The fourth-order valence-corrected chi connectivity index (χ4v) is 2.51. The number of halogens is 1. The summed E-state index contributed by atoms with van der Waals surface area (Å²) < 4.78 is 14.6. The number of nitrogens with zero attached hydrogens (tertiary/aromatic N) is 3. The van der Waals surface area contributed by atoms with Crippen LogP contribution in [0.4, 0.5) is 4.39 Å². The van der Waals surface area contributed by atoms with Crippen LogP contribution in [0.3, 0.4) is 0 Å². The van der Waals surface area contributed by atoms with E-state index in [-0.39, 0.29) is 17.8 Å². The fourth-order valence-electron chi connectivity index (χ4n) is 2.51. The van der Waals surface area contributed by atoms with Gasteiger partial charge in [-0.05, 0) is 23.8 Å². The number of aromatic nitrogens is 2. The number of aryl methyl sites for hydroxylation is 1. The molecule has 130 valence electrons. The lowest BCUT2D eigenvalue weighted by Gasteiger charge is -2.08. The van der Waals surface area contributed by atoms with Gasteiger partial charge in [-0.3, -0.25) is 9.48 Å². The van der Waals surface area contributed by atoms with Gasteiger partial charge in [-0.1, -0.05) is 17.3 Å². The number of hydrogen-bond donors (Lipinski definition) is 1. The van der Waals surface area contributed by atoms with Gasteiger partial charge in [0.2, 0.25) is 5.91 Å². The van der Waals surface area contributed by atoms with Crippen LogP contribution in [0, 0.1) is 5.82 Å². The van der Waals surface area contributed by atoms with Gasteiger partial charge in [0.1, 0.15) is 11.9 Å². The third kappa shape index (κ3) is 5.00. The first-order valence-corrected chi connectivity index (χ1v) is 7.99. The van der Waals surface area contributed by atoms with Crippen LogP contribution in [0.25, 0.3) is 6.08 Å². The van der Waals surface area contributed by atoms with Crippen LogP contribution in [0.1, 0.15) is 17.5 Å². The molecule has 2 heterocycles. The Morgan fingerprint density at radius 3 is 2.96 bits per heavy atom. The van der Waals surface area contributed by atoms with E-state index in [0.29, 0.717) is 19.4 Å². The van der Waals surface area contributed by atoms with Crippen LogP contribution in [-0.2, 0) is 23.1 Å². The SMILES string of the molecule is Cn1cc(/C=C/C(=O)NC[C@H]2CC(Cc3ccc(F)cc3)=NO2)cn1. The van der Waals surface area contributed by atoms with Crippen molar-refractivity contribution in [3.8, 4) is 0 Å². The highest BCUT2D eigenvalue weighted by molar-refractivity contribution is 5.92. The van der Waals surface area contributed by atoms with Gasteiger partial charge < -0.3 is 10.2 Å². The van der Waals surface area contributed by atoms with Crippen molar-refractivity contribution in [2.24, 2.45) is 12.2 Å². The Hall–Kier alpha value is -2.96. The summed E-state index contributed by atoms with van der Waals surface area (Å²) in [5, 5.41) is 10.9. The molecule has 1 N–H and O–H groups in total. The molecule has 6 nitrogen and oxygen atoms in total. The fraction of sp³-hybridized carbons (Fsp3) is 0.278. The lowest BCUT2D eigenvalue weighted by atomic mass is 10.0. The van der Waals surface area contributed by atoms with Crippen molar-refractivity contribution in [3.05, 3.63) is 59.7 Å². The van der Waals surface area contributed by atoms with Gasteiger partial charge in [0.05, 0.1) is 18.5 Å². The van der Waals surface area contributed by atoms with Crippen molar-refractivity contribution < 1.29 is 14.0 Å². The highest BCUT2D eigenvalue weighted by atomic mass is 19.1. The molecule has 3 rings (SSSR count). The van der Waals surface area contributed by atoms with E-state index in [2.05, 4.69) is 15.6 Å². The zero-order valence-electron chi connectivity index (χ0n) is 13.9. The molecule has 0 radical (unpaired) electrons. The minimum Gasteiger partial charge on any atom is -0.390 e. The molecule has 0 bridgehead atoms. The van der Waals surface area contributed by atoms with E-state index in [0.717, 1.165) is 16.8 Å². The van der Waals surface area contributed by atoms with Gasteiger partial charge in [-0.15, -0.1) is 0 Å². The summed E-state index contributed by atoms with van der Waals surface area (Å²) in [6.07, 6.45) is 7.75. The normalized spacial score (nSPS) is 16.7. The van der Waals surface area contributed by atoms with Crippen LogP contribution in [0.15, 0.2) is 47.9 Å². The van der Waals surface area contributed by atoms with Gasteiger partial charge >= 0.3 is 0 Å². The summed E-state index contributed by atoms with van der Waals surface area (Å²) >= 11 is 0. The van der Waals surface area contributed by atoms with Crippen molar-refractivity contribution in [1.82, 2.24) is 15.1 Å². The molecule has 1 amide bonds. The monoisotopic (exact) mass is 342 g/mol. The molecule has 1 aromatic carbocycles. The Morgan fingerprint density at radius 2 is 2.24 bits per heavy atom. The van der Waals surface area contributed by atoms with Gasteiger partial charge in [0, 0.05) is 37.7 Å². The second-order valence-electron chi connectivity index (χ2n) is 5.92. The van der Waals surface area contributed by atoms with Gasteiger partial charge in [-0.2, -0.15) is 5.10 Å². The minimum absolute atomic E-state index is 0.175. The summed E-state index contributed by atoms with van der Waals surface area (Å²) in [5.41, 5.74) is 2.73. The summed E-state index contributed by atoms with van der Waals surface area (Å²) in [5.74, 6) is -0.451. The average Bonchev–Trinajstić information content (AvgIpc) is 3.22. The third-order valence-corrected chi connectivity index (χ3v) is 3.77. The van der Waals surface area contributed by atoms with Crippen molar-refractivity contribution >= 4 is 17.7 Å². The molecule has 0 aliphatic carbocycles. The summed E-state index contributed by atoms with van der Waals surface area (Å²) in [7, 11) is 1.82. The van der Waals surface area contributed by atoms with E-state index in [9.17, 15) is 9.18 Å². The molecule has 0 unspecified atom stereocenters. The molecule has 1 aliphatic heterocycles. The maximum absolute atomic E-state index is 12.9. The van der Waals surface area contributed by atoms with E-state index in [1.54, 1.807) is 29.1 Å². The molecule has 0 fully saturated rings. The zero-order chi connectivity index (χ0) is 17.6. The number of rotatable bonds is 6. The Balaban J connectivity index is 1.41. The Kier molecular flexibility index (Phi) is 5.23. The van der Waals surface area contributed by atoms with Crippen LogP contribution < -0.4 is 5.32 Å². The smallest absolute Gasteiger partial charge is 0.244 e. The summed E-state index contributed by atoms with van der Waals surface area (Å²) in [4.78, 5) is 17.2. The molecule has 7 heteroatoms. The van der Waals surface area contributed by atoms with Crippen LogP contribution in [0.5, 0.6) is 0 Å². The first kappa shape index (κ1) is 16.9. The number of benzene rings is 1. The van der Waals surface area contributed by atoms with Crippen molar-refractivity contribution in [2.45, 2.75) is 18.9 Å². The molecular formula is C18H19FN4O2. The number of hydrogen-bond acceptors (Lipinski definition) is 4. The highest BCUT2D eigenvalue weighted by Crippen LogP contribution is 2.14. The number of amides is 1. The number of carbonyl (C=O) groups excluding carboxylic acids is 1. The van der Waals surface area contributed by atoms with E-state index in [1.807, 2.05) is 13.2 Å². The Morgan fingerprint density at radius 1 is 1.44 bits per heavy atom. The van der Waals surface area contributed by atoms with Crippen molar-refractivity contribution in [2.75, 3.05) is 6.54 Å². The van der Waals surface area contributed by atoms with E-state index in [4.69, 9.17) is 4.84 Å². The Labute approximate surface area is 145 Å². The molecule has 1 atom stereocenters. The van der Waals surface area contributed by atoms with E-state index < -0.39 is 0 Å². The lowest BCUT2D eigenvalue weighted by molar-refractivity contribution is -0.117. The predicted molar refractivity (Wildman–Crippen MR) is 92.3 cm³/mol. The summed E-state index contributed by atoms with van der Waals surface area (Å²) in [6.45, 7) is 0.382. The van der Waals surface area contributed by atoms with Gasteiger partial charge in [0.15, 0.2) is 0 Å². The quantitative estimate of drug-likeness (QED) is 0.817. The summed E-state index contributed by atoms with van der Waals surface area (Å²) in [6, 6.07) is 6.32. The van der Waals surface area contributed by atoms with Crippen molar-refractivity contribution in [3.63, 3.8) is 0 Å². The minimum atomic E-state index is -0.256. The Bertz CT molecular complexity index is 796. The predicted octanol–water partition coefficient (Wildman–Crippen LogP) is 2.08. The molecule has 2 aromatic rings. The topological polar surface area (TPSA) is 68.5 Å². The van der Waals surface area contributed by atoms with Crippen LogP contribution in [-0.4, -0.2) is 34.0 Å². The second-order valence-corrected chi connectivity index (χ2v) is 5.92. The van der Waals surface area contributed by atoms with E-state index >= 15 is 0 Å².